The van der Waals surface area contributed by atoms with E-state index in [2.05, 4.69) is 4.99 Å². The van der Waals surface area contributed by atoms with Gasteiger partial charge in [0, 0.05) is 23.8 Å². The van der Waals surface area contributed by atoms with Gasteiger partial charge in [-0.1, -0.05) is 18.2 Å². The Morgan fingerprint density at radius 2 is 2.14 bits per heavy atom. The second-order valence-corrected chi connectivity index (χ2v) is 2.91. The van der Waals surface area contributed by atoms with Crippen LogP contribution in [0.15, 0.2) is 41.7 Å². The number of nitrogens with one attached hydrogen (secondary N) is 1. The Morgan fingerprint density at radius 1 is 1.36 bits per heavy atom. The summed E-state index contributed by atoms with van der Waals surface area (Å²) in [6.07, 6.45) is 5.07. The van der Waals surface area contributed by atoms with E-state index < -0.39 is 0 Å². The highest BCUT2D eigenvalue weighted by Crippen LogP contribution is 1.91. The highest BCUT2D eigenvalue weighted by molar-refractivity contribution is 5.79. The Bertz CT molecular complexity index is 501. The third-order valence-corrected chi connectivity index (χ3v) is 1.93. The Morgan fingerprint density at radius 3 is 2.93 bits per heavy atom. The third-order valence-electron chi connectivity index (χ3n) is 1.93. The van der Waals surface area contributed by atoms with Crippen molar-refractivity contribution >= 4 is 12.2 Å². The minimum atomic E-state index is -0.0202. The first-order valence-electron chi connectivity index (χ1n) is 4.21. The van der Waals surface area contributed by atoms with E-state index in [0.717, 1.165) is 10.6 Å². The molecule has 0 atom stereocenters. The van der Waals surface area contributed by atoms with Gasteiger partial charge < -0.3 is 5.73 Å². The first kappa shape index (κ1) is 8.50. The Hall–Kier alpha value is -2.10. The molecule has 0 amide bonds. The number of guanidine groups is 1. The van der Waals surface area contributed by atoms with Crippen LogP contribution in [0, 0.1) is 5.41 Å². The van der Waals surface area contributed by atoms with Gasteiger partial charge in [0.05, 0.1) is 5.36 Å². The second-order valence-electron chi connectivity index (χ2n) is 2.91. The summed E-state index contributed by atoms with van der Waals surface area (Å²) in [5, 5.41) is 9.14. The summed E-state index contributed by atoms with van der Waals surface area (Å²) in [5.41, 5.74) is 5.38. The van der Waals surface area contributed by atoms with Crippen LogP contribution < -0.4 is 16.3 Å². The zero-order chi connectivity index (χ0) is 9.97. The van der Waals surface area contributed by atoms with E-state index in [4.69, 9.17) is 11.1 Å². The smallest absolute Gasteiger partial charge is 0.196 e. The lowest BCUT2D eigenvalue weighted by Gasteiger charge is -2.10. The van der Waals surface area contributed by atoms with Gasteiger partial charge >= 0.3 is 0 Å². The molecule has 0 saturated carbocycles. The van der Waals surface area contributed by atoms with Crippen LogP contribution in [0.5, 0.6) is 0 Å². The molecule has 14 heavy (non-hydrogen) atoms. The average Bonchev–Trinajstić information content (AvgIpc) is 2.39. The van der Waals surface area contributed by atoms with Gasteiger partial charge in [-0.2, -0.15) is 0 Å². The second kappa shape index (κ2) is 3.33. The van der Waals surface area contributed by atoms with Crippen LogP contribution in [0.2, 0.25) is 0 Å². The maximum absolute atomic E-state index is 7.31. The SMILES string of the molecule is N=C(N)N1C=CN=c2ccccc2=C1. The predicted molar refractivity (Wildman–Crippen MR) is 54.6 cm³/mol. The summed E-state index contributed by atoms with van der Waals surface area (Å²) in [6.45, 7) is 0. The van der Waals surface area contributed by atoms with Crippen LogP contribution in [0.1, 0.15) is 0 Å². The minimum absolute atomic E-state index is 0.0202. The van der Waals surface area contributed by atoms with Crippen molar-refractivity contribution in [2.45, 2.75) is 0 Å². The first-order valence-corrected chi connectivity index (χ1v) is 4.21. The largest absolute Gasteiger partial charge is 0.369 e. The number of para-hydroxylation sites is 1. The molecule has 4 nitrogen and oxygen atoms in total. The maximum Gasteiger partial charge on any atom is 0.196 e. The number of nitrogens with zero attached hydrogens (tertiary/aromatic N) is 2. The van der Waals surface area contributed by atoms with E-state index in [1.54, 1.807) is 18.6 Å². The molecular weight excluding hydrogens is 176 g/mol. The van der Waals surface area contributed by atoms with Crippen molar-refractivity contribution in [3.8, 4) is 0 Å². The highest BCUT2D eigenvalue weighted by atomic mass is 15.2. The average molecular weight is 186 g/mol. The lowest BCUT2D eigenvalue weighted by atomic mass is 10.3. The number of hydrogen-bond acceptors (Lipinski definition) is 2. The van der Waals surface area contributed by atoms with E-state index in [-0.39, 0.29) is 5.96 Å². The molecule has 70 valence electrons. The molecule has 1 aromatic carbocycles. The van der Waals surface area contributed by atoms with Gasteiger partial charge in [0.1, 0.15) is 0 Å². The van der Waals surface area contributed by atoms with Gasteiger partial charge in [0.25, 0.3) is 0 Å². The summed E-state index contributed by atoms with van der Waals surface area (Å²) in [6, 6.07) is 7.70. The number of nitrogens with two attached hydrogens (primary N) is 1. The van der Waals surface area contributed by atoms with Crippen LogP contribution in [-0.2, 0) is 0 Å². The summed E-state index contributed by atoms with van der Waals surface area (Å²) in [5.74, 6) is -0.0202. The number of fused-ring (bicyclic) bond motifs is 1. The normalized spacial score (nSPS) is 13.6. The summed E-state index contributed by atoms with van der Waals surface area (Å²) in [7, 11) is 0. The quantitative estimate of drug-likeness (QED) is 0.432. The lowest BCUT2D eigenvalue weighted by Crippen LogP contribution is -2.31. The van der Waals surface area contributed by atoms with Gasteiger partial charge in [-0.05, 0) is 6.07 Å². The van der Waals surface area contributed by atoms with Crippen LogP contribution in [-0.4, -0.2) is 10.9 Å². The van der Waals surface area contributed by atoms with E-state index >= 15 is 0 Å². The van der Waals surface area contributed by atoms with Crippen molar-refractivity contribution in [1.82, 2.24) is 4.90 Å². The number of benzene rings is 1. The molecule has 1 heterocycles. The molecule has 1 aliphatic rings. The highest BCUT2D eigenvalue weighted by Gasteiger charge is 1.99. The van der Waals surface area contributed by atoms with Gasteiger partial charge in [0.15, 0.2) is 5.96 Å². The summed E-state index contributed by atoms with van der Waals surface area (Å²) >= 11 is 0. The molecule has 4 heteroatoms. The Kier molecular flexibility index (Phi) is 2.02. The summed E-state index contributed by atoms with van der Waals surface area (Å²) < 4.78 is 0. The van der Waals surface area contributed by atoms with Crippen LogP contribution in [0.4, 0.5) is 0 Å². The third kappa shape index (κ3) is 1.50. The van der Waals surface area contributed by atoms with Crippen LogP contribution in [0.3, 0.4) is 0 Å². The van der Waals surface area contributed by atoms with Gasteiger partial charge in [-0.25, -0.2) is 0 Å². The predicted octanol–water partition coefficient (Wildman–Crippen LogP) is -0.276. The van der Waals surface area contributed by atoms with Crippen molar-refractivity contribution < 1.29 is 0 Å². The van der Waals surface area contributed by atoms with Crippen molar-refractivity contribution in [1.29, 1.82) is 5.41 Å². The topological polar surface area (TPSA) is 65.5 Å². The number of rotatable bonds is 0. The van der Waals surface area contributed by atoms with Gasteiger partial charge in [-0.15, -0.1) is 0 Å². The van der Waals surface area contributed by atoms with E-state index in [1.165, 1.54) is 4.90 Å². The molecule has 0 fully saturated rings. The molecule has 0 aliphatic carbocycles. The van der Waals surface area contributed by atoms with Crippen LogP contribution in [0.25, 0.3) is 6.20 Å². The van der Waals surface area contributed by atoms with Gasteiger partial charge in [0.2, 0.25) is 0 Å². The molecular formula is C10H10N4. The molecule has 0 spiro atoms. The molecule has 2 rings (SSSR count). The Labute approximate surface area is 81.2 Å². The zero-order valence-electron chi connectivity index (χ0n) is 7.51. The Balaban J connectivity index is 2.63. The standard InChI is InChI=1S/C10H10N4/c11-10(12)14-6-5-13-9-4-2-1-3-8(9)7-14/h1-7H,(H3,11,12). The fourth-order valence-corrected chi connectivity index (χ4v) is 1.24. The molecule has 0 radical (unpaired) electrons. The van der Waals surface area contributed by atoms with Crippen molar-refractivity contribution in [2.24, 2.45) is 10.7 Å². The fourth-order valence-electron chi connectivity index (χ4n) is 1.24. The van der Waals surface area contributed by atoms with Crippen molar-refractivity contribution in [3.05, 3.63) is 47.2 Å². The first-order chi connectivity index (χ1) is 6.77. The van der Waals surface area contributed by atoms with Crippen molar-refractivity contribution in [3.63, 3.8) is 0 Å². The molecule has 1 aliphatic heterocycles. The van der Waals surface area contributed by atoms with E-state index in [1.807, 2.05) is 24.3 Å². The molecule has 0 unspecified atom stereocenters. The molecule has 0 bridgehead atoms. The van der Waals surface area contributed by atoms with Crippen molar-refractivity contribution in [2.75, 3.05) is 0 Å². The lowest BCUT2D eigenvalue weighted by molar-refractivity contribution is 0.797. The fraction of sp³-hybridized carbons (Fsp3) is 0. The minimum Gasteiger partial charge on any atom is -0.369 e. The summed E-state index contributed by atoms with van der Waals surface area (Å²) in [4.78, 5) is 5.74. The molecule has 1 aromatic rings. The van der Waals surface area contributed by atoms with Gasteiger partial charge in [-0.3, -0.25) is 15.3 Å². The zero-order valence-corrected chi connectivity index (χ0v) is 7.51. The van der Waals surface area contributed by atoms with E-state index in [9.17, 15) is 0 Å². The van der Waals surface area contributed by atoms with Crippen LogP contribution >= 0.6 is 0 Å². The molecule has 3 N–H and O–H groups in total. The molecule has 0 aromatic heterocycles. The van der Waals surface area contributed by atoms with E-state index in [0.29, 0.717) is 0 Å². The maximum atomic E-state index is 7.31. The molecule has 0 saturated heterocycles. The number of hydrogen-bond donors (Lipinski definition) is 2. The monoisotopic (exact) mass is 186 g/mol.